The predicted molar refractivity (Wildman–Crippen MR) is 63.0 cm³/mol. The Bertz CT molecular complexity index is 544. The van der Waals surface area contributed by atoms with Crippen molar-refractivity contribution in [3.8, 4) is 0 Å². The first kappa shape index (κ1) is 12.3. The van der Waals surface area contributed by atoms with Crippen LogP contribution in [0.1, 0.15) is 12.8 Å². The Morgan fingerprint density at radius 3 is 2.59 bits per heavy atom. The number of piperidine rings is 1. The number of pyridine rings is 1. The second-order valence-corrected chi connectivity index (χ2v) is 6.01. The molecule has 1 aromatic rings. The van der Waals surface area contributed by atoms with Crippen molar-refractivity contribution >= 4 is 10.0 Å². The molecule has 1 aromatic heterocycles. The minimum absolute atomic E-state index is 0.0514. The van der Waals surface area contributed by atoms with Crippen LogP contribution in [0, 0.1) is 0 Å². The largest absolute Gasteiger partial charge is 0.328 e. The van der Waals surface area contributed by atoms with Crippen molar-refractivity contribution in [2.45, 2.75) is 23.8 Å². The predicted octanol–water partition coefficient (Wildman–Crippen LogP) is -0.513. The van der Waals surface area contributed by atoms with E-state index in [1.165, 1.54) is 22.6 Å². The summed E-state index contributed by atoms with van der Waals surface area (Å²) < 4.78 is 25.7. The van der Waals surface area contributed by atoms with Crippen LogP contribution in [0.3, 0.4) is 0 Å². The number of H-pyrrole nitrogens is 1. The van der Waals surface area contributed by atoms with Crippen molar-refractivity contribution in [1.82, 2.24) is 9.29 Å². The Labute approximate surface area is 99.5 Å². The first-order valence-corrected chi connectivity index (χ1v) is 6.89. The SMILES string of the molecule is NC1CCN(S(=O)(=O)c2ccc[nH]c2=O)CC1. The van der Waals surface area contributed by atoms with Crippen LogP contribution in [0.25, 0.3) is 0 Å². The van der Waals surface area contributed by atoms with Crippen LogP contribution in [0.4, 0.5) is 0 Å². The summed E-state index contributed by atoms with van der Waals surface area (Å²) in [6.45, 7) is 0.746. The van der Waals surface area contributed by atoms with Gasteiger partial charge in [-0.25, -0.2) is 8.42 Å². The maximum absolute atomic E-state index is 12.2. The van der Waals surface area contributed by atoms with Crippen molar-refractivity contribution in [3.05, 3.63) is 28.7 Å². The molecule has 0 bridgehead atoms. The van der Waals surface area contributed by atoms with Gasteiger partial charge in [-0.1, -0.05) is 0 Å². The van der Waals surface area contributed by atoms with Gasteiger partial charge in [0.05, 0.1) is 0 Å². The number of hydrogen-bond acceptors (Lipinski definition) is 4. The second-order valence-electron chi connectivity index (χ2n) is 4.11. The average Bonchev–Trinajstić information content (AvgIpc) is 2.30. The fourth-order valence-corrected chi connectivity index (χ4v) is 3.38. The van der Waals surface area contributed by atoms with Gasteiger partial charge in [-0.3, -0.25) is 4.79 Å². The number of nitrogens with zero attached hydrogens (tertiary/aromatic N) is 1. The summed E-state index contributed by atoms with van der Waals surface area (Å²) in [7, 11) is -3.68. The molecule has 2 rings (SSSR count). The van der Waals surface area contributed by atoms with E-state index in [2.05, 4.69) is 4.98 Å². The van der Waals surface area contributed by atoms with Gasteiger partial charge in [0.1, 0.15) is 4.90 Å². The summed E-state index contributed by atoms with van der Waals surface area (Å²) in [5.74, 6) is 0. The first-order chi connectivity index (χ1) is 8.01. The Kier molecular flexibility index (Phi) is 3.32. The van der Waals surface area contributed by atoms with Gasteiger partial charge in [-0.15, -0.1) is 0 Å². The molecule has 0 spiro atoms. The van der Waals surface area contributed by atoms with Crippen LogP contribution < -0.4 is 11.3 Å². The molecule has 1 fully saturated rings. The van der Waals surface area contributed by atoms with Crippen LogP contribution in [0.2, 0.25) is 0 Å². The number of aromatic nitrogens is 1. The maximum atomic E-state index is 12.2. The van der Waals surface area contributed by atoms with Gasteiger partial charge in [0.2, 0.25) is 10.0 Å². The lowest BCUT2D eigenvalue weighted by Crippen LogP contribution is -2.43. The highest BCUT2D eigenvalue weighted by Gasteiger charge is 2.29. The lowest BCUT2D eigenvalue weighted by Gasteiger charge is -2.28. The fraction of sp³-hybridized carbons (Fsp3) is 0.500. The molecule has 6 nitrogen and oxygen atoms in total. The number of sulfonamides is 1. The summed E-state index contributed by atoms with van der Waals surface area (Å²) in [5, 5.41) is 0. The maximum Gasteiger partial charge on any atom is 0.268 e. The molecule has 0 radical (unpaired) electrons. The molecule has 0 atom stereocenters. The number of nitrogens with two attached hydrogens (primary N) is 1. The number of hydrogen-bond donors (Lipinski definition) is 2. The lowest BCUT2D eigenvalue weighted by molar-refractivity contribution is 0.319. The Hall–Kier alpha value is -1.18. The molecular formula is C10H15N3O3S. The molecule has 1 aliphatic rings. The van der Waals surface area contributed by atoms with Crippen LogP contribution in [0.5, 0.6) is 0 Å². The Balaban J connectivity index is 2.32. The van der Waals surface area contributed by atoms with Gasteiger partial charge >= 0.3 is 0 Å². The molecule has 0 aliphatic carbocycles. The zero-order valence-electron chi connectivity index (χ0n) is 9.30. The summed E-state index contributed by atoms with van der Waals surface area (Å²) in [6.07, 6.45) is 2.67. The molecule has 0 amide bonds. The van der Waals surface area contributed by atoms with Crippen molar-refractivity contribution in [3.63, 3.8) is 0 Å². The van der Waals surface area contributed by atoms with E-state index in [4.69, 9.17) is 5.73 Å². The van der Waals surface area contributed by atoms with Crippen LogP contribution in [0.15, 0.2) is 28.0 Å². The van der Waals surface area contributed by atoms with Crippen molar-refractivity contribution < 1.29 is 8.42 Å². The van der Waals surface area contributed by atoms with E-state index in [0.717, 1.165) is 0 Å². The monoisotopic (exact) mass is 257 g/mol. The highest BCUT2D eigenvalue weighted by molar-refractivity contribution is 7.89. The van der Waals surface area contributed by atoms with Gasteiger partial charge in [0.15, 0.2) is 0 Å². The van der Waals surface area contributed by atoms with Crippen LogP contribution in [-0.4, -0.2) is 36.8 Å². The smallest absolute Gasteiger partial charge is 0.268 e. The topological polar surface area (TPSA) is 96.3 Å². The van der Waals surface area contributed by atoms with Crippen molar-refractivity contribution in [2.24, 2.45) is 5.73 Å². The minimum Gasteiger partial charge on any atom is -0.328 e. The molecule has 2 heterocycles. The summed E-state index contributed by atoms with van der Waals surface area (Å²) in [5.41, 5.74) is 5.14. The van der Waals surface area contributed by atoms with Gasteiger partial charge < -0.3 is 10.7 Å². The van der Waals surface area contributed by atoms with E-state index in [-0.39, 0.29) is 10.9 Å². The lowest BCUT2D eigenvalue weighted by atomic mass is 10.1. The molecule has 0 unspecified atom stereocenters. The normalized spacial score (nSPS) is 19.4. The zero-order chi connectivity index (χ0) is 12.5. The molecule has 17 heavy (non-hydrogen) atoms. The third-order valence-electron chi connectivity index (χ3n) is 2.90. The van der Waals surface area contributed by atoms with Gasteiger partial charge in [0, 0.05) is 25.3 Å². The van der Waals surface area contributed by atoms with Crippen LogP contribution in [-0.2, 0) is 10.0 Å². The molecule has 3 N–H and O–H groups in total. The van der Waals surface area contributed by atoms with E-state index in [1.54, 1.807) is 0 Å². The summed E-state index contributed by atoms with van der Waals surface area (Å²) in [4.78, 5) is 13.7. The molecule has 7 heteroatoms. The molecular weight excluding hydrogens is 242 g/mol. The molecule has 1 aliphatic heterocycles. The molecule has 0 saturated carbocycles. The number of nitrogens with one attached hydrogen (secondary N) is 1. The Morgan fingerprint density at radius 2 is 2.00 bits per heavy atom. The summed E-state index contributed by atoms with van der Waals surface area (Å²) in [6, 6.07) is 2.88. The van der Waals surface area contributed by atoms with E-state index in [1.807, 2.05) is 0 Å². The number of aromatic amines is 1. The Morgan fingerprint density at radius 1 is 1.35 bits per heavy atom. The van der Waals surface area contributed by atoms with Crippen molar-refractivity contribution in [2.75, 3.05) is 13.1 Å². The highest BCUT2D eigenvalue weighted by atomic mass is 32.2. The minimum atomic E-state index is -3.68. The second kappa shape index (κ2) is 4.59. The molecule has 1 saturated heterocycles. The molecule has 0 aromatic carbocycles. The van der Waals surface area contributed by atoms with E-state index >= 15 is 0 Å². The quantitative estimate of drug-likeness (QED) is 0.745. The van der Waals surface area contributed by atoms with E-state index in [0.29, 0.717) is 25.9 Å². The first-order valence-electron chi connectivity index (χ1n) is 5.45. The number of rotatable bonds is 2. The standard InChI is InChI=1S/C10H15N3O3S/c11-8-3-6-13(7-4-8)17(15,16)9-2-1-5-12-10(9)14/h1-2,5,8H,3-4,6-7,11H2,(H,12,14). The van der Waals surface area contributed by atoms with E-state index in [9.17, 15) is 13.2 Å². The van der Waals surface area contributed by atoms with Crippen molar-refractivity contribution in [1.29, 1.82) is 0 Å². The zero-order valence-corrected chi connectivity index (χ0v) is 10.1. The van der Waals surface area contributed by atoms with Crippen LogP contribution >= 0.6 is 0 Å². The third kappa shape index (κ3) is 2.41. The average molecular weight is 257 g/mol. The van der Waals surface area contributed by atoms with E-state index < -0.39 is 15.6 Å². The van der Waals surface area contributed by atoms with Gasteiger partial charge in [-0.2, -0.15) is 4.31 Å². The third-order valence-corrected chi connectivity index (χ3v) is 4.82. The molecule has 94 valence electrons. The van der Waals surface area contributed by atoms with Gasteiger partial charge in [-0.05, 0) is 25.0 Å². The fourth-order valence-electron chi connectivity index (χ4n) is 1.86. The van der Waals surface area contributed by atoms with Gasteiger partial charge in [0.25, 0.3) is 5.56 Å². The summed E-state index contributed by atoms with van der Waals surface area (Å²) >= 11 is 0. The highest BCUT2D eigenvalue weighted by Crippen LogP contribution is 2.17.